The van der Waals surface area contributed by atoms with E-state index in [-0.39, 0.29) is 6.10 Å². The smallest absolute Gasteiger partial charge is 0.0566 e. The van der Waals surface area contributed by atoms with Gasteiger partial charge in [-0.1, -0.05) is 32.0 Å². The maximum atomic E-state index is 9.58. The van der Waals surface area contributed by atoms with Crippen LogP contribution in [-0.2, 0) is 13.0 Å². The molecule has 92 valence electrons. The normalized spacial score (nSPS) is 13.5. The van der Waals surface area contributed by atoms with Gasteiger partial charge in [0, 0.05) is 24.2 Å². The van der Waals surface area contributed by atoms with Crippen LogP contribution in [0.15, 0.2) is 30.3 Å². The number of aromatic nitrogens is 1. The Bertz CT molecular complexity index is 497. The molecule has 1 heterocycles. The lowest BCUT2D eigenvalue weighted by Crippen LogP contribution is -2.12. The zero-order valence-electron chi connectivity index (χ0n) is 10.9. The van der Waals surface area contributed by atoms with Crippen LogP contribution >= 0.6 is 0 Å². The molecule has 0 spiro atoms. The molecule has 2 rings (SSSR count). The Hall–Kier alpha value is -1.28. The van der Waals surface area contributed by atoms with Crippen molar-refractivity contribution in [2.24, 2.45) is 5.92 Å². The first-order chi connectivity index (χ1) is 8.08. The molecule has 2 aromatic rings. The predicted molar refractivity (Wildman–Crippen MR) is 72.2 cm³/mol. The second-order valence-corrected chi connectivity index (χ2v) is 5.25. The van der Waals surface area contributed by atoms with E-state index < -0.39 is 0 Å². The third-order valence-corrected chi connectivity index (χ3v) is 2.95. The van der Waals surface area contributed by atoms with E-state index in [1.54, 1.807) is 0 Å². The SMILES string of the molecule is CC(C)Cn1c(CC(C)O)cc2ccccc21. The van der Waals surface area contributed by atoms with E-state index in [4.69, 9.17) is 0 Å². The number of nitrogens with zero attached hydrogens (tertiary/aromatic N) is 1. The molecule has 1 aromatic heterocycles. The van der Waals surface area contributed by atoms with Gasteiger partial charge in [-0.15, -0.1) is 0 Å². The number of hydrogen-bond donors (Lipinski definition) is 1. The molecule has 1 unspecified atom stereocenters. The highest BCUT2D eigenvalue weighted by molar-refractivity contribution is 5.81. The van der Waals surface area contributed by atoms with Crippen LogP contribution < -0.4 is 0 Å². The van der Waals surface area contributed by atoms with Crippen molar-refractivity contribution in [2.75, 3.05) is 0 Å². The molecule has 2 nitrogen and oxygen atoms in total. The predicted octanol–water partition coefficient (Wildman–Crippen LogP) is 3.22. The molecular formula is C15H21NO. The summed E-state index contributed by atoms with van der Waals surface area (Å²) in [6.07, 6.45) is 0.437. The molecule has 2 heteroatoms. The summed E-state index contributed by atoms with van der Waals surface area (Å²) >= 11 is 0. The Labute approximate surface area is 103 Å². The first-order valence-electron chi connectivity index (χ1n) is 6.33. The van der Waals surface area contributed by atoms with Crippen molar-refractivity contribution >= 4 is 10.9 Å². The van der Waals surface area contributed by atoms with Crippen molar-refractivity contribution in [3.8, 4) is 0 Å². The number of rotatable bonds is 4. The van der Waals surface area contributed by atoms with Crippen molar-refractivity contribution in [1.82, 2.24) is 4.57 Å². The Morgan fingerprint density at radius 3 is 2.53 bits per heavy atom. The molecule has 1 atom stereocenters. The fourth-order valence-corrected chi connectivity index (χ4v) is 2.32. The monoisotopic (exact) mass is 231 g/mol. The standard InChI is InChI=1S/C15H21NO/c1-11(2)10-16-14(8-12(3)17)9-13-6-4-5-7-15(13)16/h4-7,9,11-12,17H,8,10H2,1-3H3. The van der Waals surface area contributed by atoms with Gasteiger partial charge in [0.2, 0.25) is 0 Å². The minimum Gasteiger partial charge on any atom is -0.393 e. The van der Waals surface area contributed by atoms with Crippen molar-refractivity contribution in [3.63, 3.8) is 0 Å². The highest BCUT2D eigenvalue weighted by atomic mass is 16.3. The third kappa shape index (κ3) is 2.70. The topological polar surface area (TPSA) is 25.2 Å². The summed E-state index contributed by atoms with van der Waals surface area (Å²) < 4.78 is 2.34. The summed E-state index contributed by atoms with van der Waals surface area (Å²) in [5.41, 5.74) is 2.51. The molecule has 0 aliphatic rings. The maximum absolute atomic E-state index is 9.58. The third-order valence-electron chi connectivity index (χ3n) is 2.95. The number of aliphatic hydroxyl groups is 1. The van der Waals surface area contributed by atoms with E-state index in [9.17, 15) is 5.11 Å². The molecule has 0 amide bonds. The van der Waals surface area contributed by atoms with Crippen molar-refractivity contribution in [2.45, 2.75) is 39.8 Å². The Balaban J connectivity index is 2.48. The molecule has 0 bridgehead atoms. The van der Waals surface area contributed by atoms with Gasteiger partial charge >= 0.3 is 0 Å². The van der Waals surface area contributed by atoms with E-state index >= 15 is 0 Å². The lowest BCUT2D eigenvalue weighted by atomic mass is 10.2. The molecular weight excluding hydrogens is 210 g/mol. The molecule has 0 aliphatic carbocycles. The van der Waals surface area contributed by atoms with E-state index in [1.165, 1.54) is 16.6 Å². The average Bonchev–Trinajstić information content (AvgIpc) is 2.55. The summed E-state index contributed by atoms with van der Waals surface area (Å²) in [4.78, 5) is 0. The maximum Gasteiger partial charge on any atom is 0.0566 e. The molecule has 0 saturated carbocycles. The second kappa shape index (κ2) is 4.92. The Kier molecular flexibility index (Phi) is 3.53. The fraction of sp³-hybridized carbons (Fsp3) is 0.467. The number of benzene rings is 1. The van der Waals surface area contributed by atoms with Gasteiger partial charge in [0.1, 0.15) is 0 Å². The summed E-state index contributed by atoms with van der Waals surface area (Å²) in [5.74, 6) is 0.610. The van der Waals surface area contributed by atoms with Crippen LogP contribution in [0.3, 0.4) is 0 Å². The highest BCUT2D eigenvalue weighted by Crippen LogP contribution is 2.22. The highest BCUT2D eigenvalue weighted by Gasteiger charge is 2.11. The molecule has 17 heavy (non-hydrogen) atoms. The van der Waals surface area contributed by atoms with Gasteiger partial charge in [0.05, 0.1) is 6.10 Å². The van der Waals surface area contributed by atoms with Crippen molar-refractivity contribution in [1.29, 1.82) is 0 Å². The Morgan fingerprint density at radius 2 is 1.88 bits per heavy atom. The van der Waals surface area contributed by atoms with E-state index in [0.29, 0.717) is 5.92 Å². The molecule has 1 N–H and O–H groups in total. The lowest BCUT2D eigenvalue weighted by molar-refractivity contribution is 0.192. The van der Waals surface area contributed by atoms with Crippen LogP contribution in [0, 0.1) is 5.92 Å². The van der Waals surface area contributed by atoms with Gasteiger partial charge in [-0.05, 0) is 30.4 Å². The second-order valence-electron chi connectivity index (χ2n) is 5.25. The van der Waals surface area contributed by atoms with Gasteiger partial charge in [-0.3, -0.25) is 0 Å². The largest absolute Gasteiger partial charge is 0.393 e. The minimum atomic E-state index is -0.287. The zero-order valence-corrected chi connectivity index (χ0v) is 10.9. The first kappa shape index (κ1) is 12.2. The van der Waals surface area contributed by atoms with Crippen LogP contribution in [0.25, 0.3) is 10.9 Å². The molecule has 1 aromatic carbocycles. The van der Waals surface area contributed by atoms with Gasteiger partial charge in [-0.2, -0.15) is 0 Å². The van der Waals surface area contributed by atoms with Crippen LogP contribution in [0.5, 0.6) is 0 Å². The minimum absolute atomic E-state index is 0.287. The van der Waals surface area contributed by atoms with Crippen LogP contribution in [0.4, 0.5) is 0 Å². The van der Waals surface area contributed by atoms with Crippen LogP contribution in [0.1, 0.15) is 26.5 Å². The Morgan fingerprint density at radius 1 is 1.18 bits per heavy atom. The summed E-state index contributed by atoms with van der Waals surface area (Å²) in [7, 11) is 0. The molecule has 0 radical (unpaired) electrons. The molecule has 0 fully saturated rings. The van der Waals surface area contributed by atoms with Crippen LogP contribution in [-0.4, -0.2) is 15.8 Å². The number of hydrogen-bond acceptors (Lipinski definition) is 1. The van der Waals surface area contributed by atoms with E-state index in [1.807, 2.05) is 6.92 Å². The quantitative estimate of drug-likeness (QED) is 0.858. The molecule has 0 saturated heterocycles. The summed E-state index contributed by atoms with van der Waals surface area (Å²) in [5, 5.41) is 10.8. The van der Waals surface area contributed by atoms with Gasteiger partial charge in [-0.25, -0.2) is 0 Å². The zero-order chi connectivity index (χ0) is 12.4. The van der Waals surface area contributed by atoms with E-state index in [0.717, 1.165) is 13.0 Å². The van der Waals surface area contributed by atoms with Crippen LogP contribution in [0.2, 0.25) is 0 Å². The van der Waals surface area contributed by atoms with Gasteiger partial charge in [0.25, 0.3) is 0 Å². The number of para-hydroxylation sites is 1. The van der Waals surface area contributed by atoms with E-state index in [2.05, 4.69) is 48.7 Å². The summed E-state index contributed by atoms with van der Waals surface area (Å²) in [6.45, 7) is 7.30. The fourth-order valence-electron chi connectivity index (χ4n) is 2.32. The lowest BCUT2D eigenvalue weighted by Gasteiger charge is -2.14. The van der Waals surface area contributed by atoms with Gasteiger partial charge in [0.15, 0.2) is 0 Å². The van der Waals surface area contributed by atoms with Crippen molar-refractivity contribution < 1.29 is 5.11 Å². The first-order valence-corrected chi connectivity index (χ1v) is 6.33. The molecule has 0 aliphatic heterocycles. The van der Waals surface area contributed by atoms with Gasteiger partial charge < -0.3 is 9.67 Å². The number of fused-ring (bicyclic) bond motifs is 1. The van der Waals surface area contributed by atoms with Crippen molar-refractivity contribution in [3.05, 3.63) is 36.0 Å². The number of aliphatic hydroxyl groups excluding tert-OH is 1. The average molecular weight is 231 g/mol. The summed E-state index contributed by atoms with van der Waals surface area (Å²) in [6, 6.07) is 10.6.